The maximum atomic E-state index is 6.14. The maximum absolute atomic E-state index is 6.14. The van der Waals surface area contributed by atoms with Crippen LogP contribution >= 0.6 is 0 Å². The lowest BCUT2D eigenvalue weighted by Crippen LogP contribution is -2.29. The van der Waals surface area contributed by atoms with Crippen molar-refractivity contribution in [2.75, 3.05) is 7.11 Å². The quantitative estimate of drug-likeness (QED) is 0.853. The van der Waals surface area contributed by atoms with E-state index in [-0.39, 0.29) is 12.1 Å². The molecule has 0 saturated heterocycles. The van der Waals surface area contributed by atoms with Gasteiger partial charge in [0.25, 0.3) is 0 Å². The molecular formula is C13H19NO2. The Morgan fingerprint density at radius 2 is 2.31 bits per heavy atom. The summed E-state index contributed by atoms with van der Waals surface area (Å²) < 4.78 is 11.1. The Labute approximate surface area is 96.5 Å². The summed E-state index contributed by atoms with van der Waals surface area (Å²) in [7, 11) is 1.66. The highest BCUT2D eigenvalue weighted by molar-refractivity contribution is 5.43. The van der Waals surface area contributed by atoms with Gasteiger partial charge in [-0.2, -0.15) is 0 Å². The van der Waals surface area contributed by atoms with Crippen molar-refractivity contribution in [3.63, 3.8) is 0 Å². The Morgan fingerprint density at radius 3 is 3.00 bits per heavy atom. The van der Waals surface area contributed by atoms with E-state index < -0.39 is 0 Å². The van der Waals surface area contributed by atoms with Gasteiger partial charge in [0.05, 0.1) is 7.11 Å². The van der Waals surface area contributed by atoms with E-state index in [4.69, 9.17) is 15.2 Å². The Hall–Kier alpha value is -1.22. The zero-order valence-electron chi connectivity index (χ0n) is 9.90. The second kappa shape index (κ2) is 4.74. The number of methoxy groups -OCH3 is 1. The Bertz CT molecular complexity index is 365. The van der Waals surface area contributed by atoms with Crippen LogP contribution in [0.2, 0.25) is 0 Å². The lowest BCUT2D eigenvalue weighted by atomic mass is 9.95. The fourth-order valence-electron chi connectivity index (χ4n) is 2.19. The van der Waals surface area contributed by atoms with Crippen LogP contribution in [0.5, 0.6) is 11.5 Å². The van der Waals surface area contributed by atoms with Crippen molar-refractivity contribution in [3.8, 4) is 11.5 Å². The van der Waals surface area contributed by atoms with E-state index in [1.807, 2.05) is 18.2 Å². The zero-order valence-corrected chi connectivity index (χ0v) is 9.90. The van der Waals surface area contributed by atoms with Gasteiger partial charge >= 0.3 is 0 Å². The van der Waals surface area contributed by atoms with E-state index in [2.05, 4.69) is 6.92 Å². The summed E-state index contributed by atoms with van der Waals surface area (Å²) in [6.45, 7) is 2.16. The van der Waals surface area contributed by atoms with Crippen LogP contribution in [0.3, 0.4) is 0 Å². The molecule has 0 radical (unpaired) electrons. The van der Waals surface area contributed by atoms with Gasteiger partial charge in [0.1, 0.15) is 17.6 Å². The van der Waals surface area contributed by atoms with E-state index >= 15 is 0 Å². The minimum absolute atomic E-state index is 0.0891. The molecule has 1 aliphatic rings. The first kappa shape index (κ1) is 11.3. The van der Waals surface area contributed by atoms with Crippen molar-refractivity contribution >= 4 is 0 Å². The summed E-state index contributed by atoms with van der Waals surface area (Å²) >= 11 is 0. The molecule has 1 aliphatic heterocycles. The van der Waals surface area contributed by atoms with Crippen molar-refractivity contribution < 1.29 is 9.47 Å². The average molecular weight is 221 g/mol. The van der Waals surface area contributed by atoms with Crippen molar-refractivity contribution in [2.24, 2.45) is 5.73 Å². The summed E-state index contributed by atoms with van der Waals surface area (Å²) in [6.07, 6.45) is 3.34. The maximum Gasteiger partial charge on any atom is 0.128 e. The first-order valence-corrected chi connectivity index (χ1v) is 5.84. The van der Waals surface area contributed by atoms with Crippen molar-refractivity contribution in [1.82, 2.24) is 0 Å². The highest BCUT2D eigenvalue weighted by Gasteiger charge is 2.25. The normalized spacial score (nSPS) is 23.4. The minimum Gasteiger partial charge on any atom is -0.497 e. The molecule has 88 valence electrons. The van der Waals surface area contributed by atoms with E-state index in [9.17, 15) is 0 Å². The molecule has 0 aromatic heterocycles. The number of hydrogen-bond acceptors (Lipinski definition) is 3. The van der Waals surface area contributed by atoms with Gasteiger partial charge in [0.2, 0.25) is 0 Å². The minimum atomic E-state index is 0.0891. The van der Waals surface area contributed by atoms with Gasteiger partial charge in [0.15, 0.2) is 0 Å². The lowest BCUT2D eigenvalue weighted by molar-refractivity contribution is 0.148. The van der Waals surface area contributed by atoms with Crippen LogP contribution in [0.4, 0.5) is 0 Å². The summed E-state index contributed by atoms with van der Waals surface area (Å²) in [4.78, 5) is 0. The molecule has 3 nitrogen and oxygen atoms in total. The third-order valence-electron chi connectivity index (χ3n) is 3.04. The molecule has 0 saturated carbocycles. The molecular weight excluding hydrogens is 202 g/mol. The topological polar surface area (TPSA) is 44.5 Å². The highest BCUT2D eigenvalue weighted by Crippen LogP contribution is 2.36. The molecule has 1 heterocycles. The molecule has 0 amide bonds. The SMILES string of the molecule is CCCC1C[C@H](N)c2ccc(OC)cc2O1. The van der Waals surface area contributed by atoms with Gasteiger partial charge in [-0.3, -0.25) is 0 Å². The molecule has 2 atom stereocenters. The molecule has 1 unspecified atom stereocenters. The number of hydrogen-bond donors (Lipinski definition) is 1. The van der Waals surface area contributed by atoms with Crippen molar-refractivity contribution in [1.29, 1.82) is 0 Å². The first-order chi connectivity index (χ1) is 7.74. The van der Waals surface area contributed by atoms with Gasteiger partial charge in [0, 0.05) is 24.1 Å². The van der Waals surface area contributed by atoms with E-state index in [0.717, 1.165) is 36.3 Å². The van der Waals surface area contributed by atoms with Crippen LogP contribution in [0.15, 0.2) is 18.2 Å². The third kappa shape index (κ3) is 2.14. The van der Waals surface area contributed by atoms with Crippen molar-refractivity contribution in [2.45, 2.75) is 38.3 Å². The zero-order chi connectivity index (χ0) is 11.5. The molecule has 1 aromatic carbocycles. The third-order valence-corrected chi connectivity index (χ3v) is 3.04. The molecule has 1 aromatic rings. The first-order valence-electron chi connectivity index (χ1n) is 5.84. The van der Waals surface area contributed by atoms with Crippen LogP contribution in [0, 0.1) is 0 Å². The number of rotatable bonds is 3. The summed E-state index contributed by atoms with van der Waals surface area (Å²) in [6, 6.07) is 5.95. The van der Waals surface area contributed by atoms with Gasteiger partial charge in [-0.25, -0.2) is 0 Å². The molecule has 2 N–H and O–H groups in total. The van der Waals surface area contributed by atoms with Crippen molar-refractivity contribution in [3.05, 3.63) is 23.8 Å². The number of fused-ring (bicyclic) bond motifs is 1. The second-order valence-corrected chi connectivity index (χ2v) is 4.27. The van der Waals surface area contributed by atoms with E-state index in [1.54, 1.807) is 7.11 Å². The van der Waals surface area contributed by atoms with Crippen LogP contribution in [0.25, 0.3) is 0 Å². The van der Waals surface area contributed by atoms with Gasteiger partial charge < -0.3 is 15.2 Å². The monoisotopic (exact) mass is 221 g/mol. The predicted octanol–water partition coefficient (Wildman–Crippen LogP) is 2.65. The lowest BCUT2D eigenvalue weighted by Gasteiger charge is -2.30. The van der Waals surface area contributed by atoms with Crippen LogP contribution in [-0.2, 0) is 0 Å². The number of benzene rings is 1. The Balaban J connectivity index is 2.24. The standard InChI is InChI=1S/C13H19NO2/c1-3-4-10-7-12(14)11-6-5-9(15-2)8-13(11)16-10/h5-6,8,10,12H,3-4,7,14H2,1-2H3/t10?,12-/m0/s1. The average Bonchev–Trinajstić information content (AvgIpc) is 2.28. The largest absolute Gasteiger partial charge is 0.497 e. The predicted molar refractivity (Wildman–Crippen MR) is 63.9 cm³/mol. The van der Waals surface area contributed by atoms with E-state index in [0.29, 0.717) is 0 Å². The van der Waals surface area contributed by atoms with Crippen LogP contribution < -0.4 is 15.2 Å². The van der Waals surface area contributed by atoms with E-state index in [1.165, 1.54) is 0 Å². The molecule has 2 rings (SSSR count). The number of ether oxygens (including phenoxy) is 2. The summed E-state index contributed by atoms with van der Waals surface area (Å²) in [5.41, 5.74) is 7.23. The molecule has 16 heavy (non-hydrogen) atoms. The van der Waals surface area contributed by atoms with Gasteiger partial charge in [-0.05, 0) is 12.5 Å². The summed E-state index contributed by atoms with van der Waals surface area (Å²) in [5.74, 6) is 1.71. The molecule has 0 aliphatic carbocycles. The summed E-state index contributed by atoms with van der Waals surface area (Å²) in [5, 5.41) is 0. The van der Waals surface area contributed by atoms with Gasteiger partial charge in [-0.15, -0.1) is 0 Å². The fourth-order valence-corrected chi connectivity index (χ4v) is 2.19. The fraction of sp³-hybridized carbons (Fsp3) is 0.538. The number of nitrogens with two attached hydrogens (primary N) is 1. The molecule has 0 spiro atoms. The van der Waals surface area contributed by atoms with Gasteiger partial charge in [-0.1, -0.05) is 19.4 Å². The smallest absolute Gasteiger partial charge is 0.128 e. The molecule has 0 fully saturated rings. The Kier molecular flexibility index (Phi) is 3.34. The molecule has 3 heteroatoms. The van der Waals surface area contributed by atoms with Crippen LogP contribution in [0.1, 0.15) is 37.8 Å². The highest BCUT2D eigenvalue weighted by atomic mass is 16.5. The molecule has 0 bridgehead atoms. The Morgan fingerprint density at radius 1 is 1.50 bits per heavy atom. The second-order valence-electron chi connectivity index (χ2n) is 4.27. The van der Waals surface area contributed by atoms with Crippen LogP contribution in [-0.4, -0.2) is 13.2 Å².